The van der Waals surface area contributed by atoms with Crippen LogP contribution in [0.5, 0.6) is 0 Å². The Hall–Kier alpha value is -1.15. The predicted molar refractivity (Wildman–Crippen MR) is 56.8 cm³/mol. The third-order valence-electron chi connectivity index (χ3n) is 1.51. The van der Waals surface area contributed by atoms with Gasteiger partial charge in [0.15, 0.2) is 5.78 Å². The number of hydrogen-bond donors (Lipinski definition) is 0. The van der Waals surface area contributed by atoms with E-state index in [1.54, 1.807) is 6.92 Å². The Morgan fingerprint density at radius 2 is 1.64 bits per heavy atom. The lowest BCUT2D eigenvalue weighted by Gasteiger charge is -1.89. The summed E-state index contributed by atoms with van der Waals surface area (Å²) in [5.74, 6) is 0.450. The van der Waals surface area contributed by atoms with E-state index in [-0.39, 0.29) is 12.4 Å². The molecule has 0 spiro atoms. The Morgan fingerprint density at radius 1 is 1.21 bits per heavy atom. The largest absolute Gasteiger partial charge is 0.295 e. The van der Waals surface area contributed by atoms with E-state index in [2.05, 4.69) is 0 Å². The maximum absolute atomic E-state index is 10.6. The molecule has 0 saturated carbocycles. The van der Waals surface area contributed by atoms with Gasteiger partial charge in [-0.1, -0.05) is 44.2 Å². The van der Waals surface area contributed by atoms with Crippen LogP contribution in [-0.4, -0.2) is 12.4 Å². The van der Waals surface area contributed by atoms with Crippen LogP contribution in [0, 0.1) is 5.92 Å². The fourth-order valence-electron chi connectivity index (χ4n) is 0.673. The molecule has 1 rings (SSSR count). The third kappa shape index (κ3) is 6.38. The zero-order chi connectivity index (χ0) is 11.0. The first-order valence-corrected chi connectivity index (χ1v) is 4.72. The normalized spacial score (nSPS) is 9.21. The summed E-state index contributed by atoms with van der Waals surface area (Å²) in [5, 5.41) is 9.63. The van der Waals surface area contributed by atoms with E-state index < -0.39 is 0 Å². The number of benzene rings is 1. The number of carbonyl (C=O) groups excluding carboxylic acids is 1. The molecule has 14 heavy (non-hydrogen) atoms. The fraction of sp³-hybridized carbons (Fsp3) is 0.417. The quantitative estimate of drug-likeness (QED) is 0.665. The van der Waals surface area contributed by atoms with Crippen molar-refractivity contribution in [1.29, 1.82) is 0 Å². The van der Waals surface area contributed by atoms with Gasteiger partial charge < -0.3 is 0 Å². The van der Waals surface area contributed by atoms with Crippen LogP contribution >= 0.6 is 0 Å². The van der Waals surface area contributed by atoms with Crippen molar-refractivity contribution < 1.29 is 9.90 Å². The number of hydrogen-bond acceptors (Lipinski definition) is 1. The molecule has 1 radical (unpaired) electrons. The standard InChI is InChI=1S/C8H8O.C4H9O/c1-7(9)8-5-3-2-4-6-8;1-4(2)3-5/h2-6H,1H3;4H,3H2,1-2H3. The SMILES string of the molecule is CC(=O)c1ccccc1.CC(C)C[O]. The molecule has 0 atom stereocenters. The molecule has 1 aromatic rings. The highest BCUT2D eigenvalue weighted by molar-refractivity contribution is 5.93. The molecule has 0 aliphatic rings. The highest BCUT2D eigenvalue weighted by Gasteiger charge is 1.92. The molecule has 0 aromatic heterocycles. The van der Waals surface area contributed by atoms with Gasteiger partial charge in [0.2, 0.25) is 0 Å². The zero-order valence-corrected chi connectivity index (χ0v) is 8.99. The van der Waals surface area contributed by atoms with Crippen molar-refractivity contribution in [3.63, 3.8) is 0 Å². The average molecular weight is 193 g/mol. The average Bonchev–Trinajstić information content (AvgIpc) is 2.20. The summed E-state index contributed by atoms with van der Waals surface area (Å²) in [7, 11) is 0. The number of Topliss-reactive ketones (excluding diaryl/α,β-unsaturated/α-hetero) is 1. The summed E-state index contributed by atoms with van der Waals surface area (Å²) >= 11 is 0. The Morgan fingerprint density at radius 3 is 1.86 bits per heavy atom. The Bertz CT molecular complexity index is 252. The van der Waals surface area contributed by atoms with Crippen LogP contribution in [0.15, 0.2) is 30.3 Å². The molecule has 0 saturated heterocycles. The van der Waals surface area contributed by atoms with Crippen LogP contribution in [0.3, 0.4) is 0 Å². The smallest absolute Gasteiger partial charge is 0.159 e. The first-order chi connectivity index (χ1) is 6.57. The predicted octanol–water partition coefficient (Wildman–Crippen LogP) is 2.96. The van der Waals surface area contributed by atoms with E-state index in [0.29, 0.717) is 5.92 Å². The summed E-state index contributed by atoms with van der Waals surface area (Å²) in [4.78, 5) is 10.6. The summed E-state index contributed by atoms with van der Waals surface area (Å²) < 4.78 is 0. The van der Waals surface area contributed by atoms with Gasteiger partial charge in [-0.05, 0) is 12.8 Å². The van der Waals surface area contributed by atoms with E-state index in [1.165, 1.54) is 0 Å². The molecule has 0 unspecified atom stereocenters. The maximum atomic E-state index is 10.6. The van der Waals surface area contributed by atoms with Gasteiger partial charge in [0.05, 0.1) is 6.61 Å². The van der Waals surface area contributed by atoms with E-state index in [4.69, 9.17) is 0 Å². The molecule has 0 heterocycles. The summed E-state index contributed by atoms with van der Waals surface area (Å²) in [5.41, 5.74) is 0.775. The van der Waals surface area contributed by atoms with Crippen LogP contribution in [-0.2, 0) is 5.11 Å². The monoisotopic (exact) mass is 193 g/mol. The highest BCUT2D eigenvalue weighted by Crippen LogP contribution is 1.97. The molecule has 0 aliphatic heterocycles. The number of ketones is 1. The maximum Gasteiger partial charge on any atom is 0.159 e. The zero-order valence-electron chi connectivity index (χ0n) is 8.99. The van der Waals surface area contributed by atoms with Gasteiger partial charge in [0.1, 0.15) is 0 Å². The molecule has 2 nitrogen and oxygen atoms in total. The minimum atomic E-state index is 0.0556. The molecule has 0 N–H and O–H groups in total. The lowest BCUT2D eigenvalue weighted by molar-refractivity contribution is 0.101. The molecule has 0 bridgehead atoms. The minimum Gasteiger partial charge on any atom is -0.295 e. The number of carbonyl (C=O) groups is 1. The Labute approximate surface area is 85.6 Å². The van der Waals surface area contributed by atoms with Gasteiger partial charge in [-0.3, -0.25) is 4.79 Å². The molecule has 2 heteroatoms. The van der Waals surface area contributed by atoms with E-state index in [1.807, 2.05) is 44.2 Å². The van der Waals surface area contributed by atoms with Crippen molar-refractivity contribution in [2.24, 2.45) is 5.92 Å². The van der Waals surface area contributed by atoms with Crippen molar-refractivity contribution in [2.75, 3.05) is 6.61 Å². The molecular weight excluding hydrogens is 176 g/mol. The molecule has 77 valence electrons. The second-order valence-electron chi connectivity index (χ2n) is 3.48. The fourth-order valence-corrected chi connectivity index (χ4v) is 0.673. The van der Waals surface area contributed by atoms with Crippen molar-refractivity contribution >= 4 is 5.78 Å². The Balaban J connectivity index is 0.000000292. The summed E-state index contributed by atoms with van der Waals surface area (Å²) in [6.45, 7) is 5.44. The van der Waals surface area contributed by atoms with E-state index in [9.17, 15) is 9.90 Å². The number of rotatable bonds is 2. The lowest BCUT2D eigenvalue weighted by atomic mass is 10.2. The van der Waals surface area contributed by atoms with Crippen LogP contribution in [0.2, 0.25) is 0 Å². The van der Waals surface area contributed by atoms with Crippen molar-refractivity contribution in [3.8, 4) is 0 Å². The van der Waals surface area contributed by atoms with Crippen molar-refractivity contribution in [2.45, 2.75) is 20.8 Å². The third-order valence-corrected chi connectivity index (χ3v) is 1.51. The lowest BCUT2D eigenvalue weighted by Crippen LogP contribution is -1.88. The van der Waals surface area contributed by atoms with Gasteiger partial charge in [-0.25, -0.2) is 5.11 Å². The molecule has 0 amide bonds. The van der Waals surface area contributed by atoms with E-state index in [0.717, 1.165) is 5.56 Å². The van der Waals surface area contributed by atoms with Gasteiger partial charge in [-0.15, -0.1) is 0 Å². The molecule has 1 aromatic carbocycles. The van der Waals surface area contributed by atoms with Gasteiger partial charge in [-0.2, -0.15) is 0 Å². The van der Waals surface area contributed by atoms with Gasteiger partial charge in [0, 0.05) is 5.56 Å². The summed E-state index contributed by atoms with van der Waals surface area (Å²) in [6, 6.07) is 9.23. The Kier molecular flexibility index (Phi) is 6.68. The van der Waals surface area contributed by atoms with Crippen LogP contribution < -0.4 is 0 Å². The highest BCUT2D eigenvalue weighted by atomic mass is 16.3. The second-order valence-corrected chi connectivity index (χ2v) is 3.48. The topological polar surface area (TPSA) is 37.0 Å². The van der Waals surface area contributed by atoms with Crippen LogP contribution in [0.1, 0.15) is 31.1 Å². The molecular formula is C12H17O2. The van der Waals surface area contributed by atoms with Crippen molar-refractivity contribution in [1.82, 2.24) is 0 Å². The summed E-state index contributed by atoms with van der Waals surface area (Å²) in [6.07, 6.45) is 0. The molecule has 0 aliphatic carbocycles. The van der Waals surface area contributed by atoms with E-state index >= 15 is 0 Å². The first kappa shape index (κ1) is 12.8. The first-order valence-electron chi connectivity index (χ1n) is 4.72. The molecule has 0 fully saturated rings. The second kappa shape index (κ2) is 7.27. The minimum absolute atomic E-state index is 0.0556. The van der Waals surface area contributed by atoms with Crippen LogP contribution in [0.4, 0.5) is 0 Å². The van der Waals surface area contributed by atoms with Gasteiger partial charge >= 0.3 is 0 Å². The van der Waals surface area contributed by atoms with Gasteiger partial charge in [0.25, 0.3) is 0 Å². The van der Waals surface area contributed by atoms with Crippen molar-refractivity contribution in [3.05, 3.63) is 35.9 Å². The van der Waals surface area contributed by atoms with Crippen LogP contribution in [0.25, 0.3) is 0 Å².